The van der Waals surface area contributed by atoms with Gasteiger partial charge in [0.15, 0.2) is 8.32 Å². The zero-order valence-electron chi connectivity index (χ0n) is 19.4. The first-order chi connectivity index (χ1) is 11.8. The molecule has 0 aliphatic carbocycles. The van der Waals surface area contributed by atoms with Gasteiger partial charge in [-0.15, -0.1) is 0 Å². The average molecular weight is 425 g/mol. The Morgan fingerprint density at radius 2 is 0.923 bits per heavy atom. The number of hydrogen-bond acceptors (Lipinski definition) is 5. The molecule has 5 nitrogen and oxygen atoms in total. The van der Waals surface area contributed by atoms with Crippen molar-refractivity contribution < 1.29 is 22.1 Å². The fourth-order valence-electron chi connectivity index (χ4n) is 4.23. The molecule has 0 N–H and O–H groups in total. The Bertz CT molecular complexity index is 403. The Hall–Kier alpha value is 0.451. The fraction of sp³-hybridized carbons (Fsp3) is 1.00. The lowest BCUT2D eigenvalue weighted by atomic mass is 10.2. The van der Waals surface area contributed by atoms with Crippen molar-refractivity contribution in [2.24, 2.45) is 0 Å². The highest BCUT2D eigenvalue weighted by molar-refractivity contribution is 6.78. The Labute approximate surface area is 165 Å². The Morgan fingerprint density at radius 3 is 1.15 bits per heavy atom. The van der Waals surface area contributed by atoms with Gasteiger partial charge in [-0.2, -0.15) is 0 Å². The van der Waals surface area contributed by atoms with Gasteiger partial charge in [-0.3, -0.25) is 0 Å². The molecule has 0 saturated heterocycles. The molecule has 0 atom stereocenters. The maximum atomic E-state index is 7.08. The second-order valence-electron chi connectivity index (χ2n) is 8.40. The summed E-state index contributed by atoms with van der Waals surface area (Å²) in [4.78, 5) is 0. The normalized spacial score (nSPS) is 14.8. The van der Waals surface area contributed by atoms with E-state index in [0.717, 1.165) is 25.7 Å². The molecule has 158 valence electrons. The van der Waals surface area contributed by atoms with E-state index in [1.54, 1.807) is 21.3 Å². The minimum Gasteiger partial charge on any atom is -0.412 e. The molecule has 0 bridgehead atoms. The van der Waals surface area contributed by atoms with E-state index in [-0.39, 0.29) is 5.22 Å². The SMILES string of the molecule is CCC(CC)(O[Si](C)(C)C)[Si](C)(C)OC(CC)(CC)[Si](OC)(OC)OC. The lowest BCUT2D eigenvalue weighted by Gasteiger charge is -2.53. The van der Waals surface area contributed by atoms with Crippen LogP contribution in [-0.2, 0) is 22.1 Å². The molecule has 0 aliphatic rings. The van der Waals surface area contributed by atoms with Gasteiger partial charge < -0.3 is 22.1 Å². The van der Waals surface area contributed by atoms with Gasteiger partial charge in [-0.25, -0.2) is 0 Å². The molecule has 0 fully saturated rings. The average Bonchev–Trinajstić information content (AvgIpc) is 2.59. The van der Waals surface area contributed by atoms with Crippen LogP contribution in [0.4, 0.5) is 0 Å². The van der Waals surface area contributed by atoms with Gasteiger partial charge in [0.1, 0.15) is 5.22 Å². The van der Waals surface area contributed by atoms with Crippen molar-refractivity contribution in [1.29, 1.82) is 0 Å². The van der Waals surface area contributed by atoms with E-state index < -0.39 is 30.7 Å². The largest absolute Gasteiger partial charge is 0.532 e. The summed E-state index contributed by atoms with van der Waals surface area (Å²) in [6, 6.07) is 0. The molecule has 0 unspecified atom stereocenters. The topological polar surface area (TPSA) is 46.2 Å². The first-order valence-electron chi connectivity index (χ1n) is 9.90. The van der Waals surface area contributed by atoms with Gasteiger partial charge in [-0.05, 0) is 58.4 Å². The third-order valence-corrected chi connectivity index (χ3v) is 14.6. The zero-order valence-corrected chi connectivity index (χ0v) is 22.4. The zero-order chi connectivity index (χ0) is 20.9. The quantitative estimate of drug-likeness (QED) is 0.383. The van der Waals surface area contributed by atoms with Gasteiger partial charge in [-0.1, -0.05) is 27.7 Å². The van der Waals surface area contributed by atoms with Crippen molar-refractivity contribution in [2.45, 2.75) is 96.6 Å². The number of rotatable bonds is 13. The number of hydrogen-bond donors (Lipinski definition) is 0. The molecule has 0 rings (SSSR count). The van der Waals surface area contributed by atoms with Crippen LogP contribution in [0.1, 0.15) is 53.4 Å². The van der Waals surface area contributed by atoms with Crippen LogP contribution in [-0.4, -0.2) is 57.2 Å². The van der Waals surface area contributed by atoms with Crippen LogP contribution >= 0.6 is 0 Å². The fourth-order valence-corrected chi connectivity index (χ4v) is 14.5. The van der Waals surface area contributed by atoms with E-state index in [2.05, 4.69) is 60.4 Å². The minimum atomic E-state index is -3.00. The molecule has 0 aromatic rings. The van der Waals surface area contributed by atoms with Crippen molar-refractivity contribution in [2.75, 3.05) is 21.3 Å². The van der Waals surface area contributed by atoms with E-state index in [4.69, 9.17) is 22.1 Å². The third kappa shape index (κ3) is 5.08. The summed E-state index contributed by atoms with van der Waals surface area (Å²) in [5.41, 5.74) is 0. The van der Waals surface area contributed by atoms with Crippen LogP contribution in [0.15, 0.2) is 0 Å². The van der Waals surface area contributed by atoms with Crippen molar-refractivity contribution in [3.8, 4) is 0 Å². The van der Waals surface area contributed by atoms with E-state index in [1.807, 2.05) is 0 Å². The second-order valence-corrected chi connectivity index (χ2v) is 20.2. The van der Waals surface area contributed by atoms with Gasteiger partial charge >= 0.3 is 8.80 Å². The summed E-state index contributed by atoms with van der Waals surface area (Å²) in [5.74, 6) is 0. The van der Waals surface area contributed by atoms with Gasteiger partial charge in [0.25, 0.3) is 0 Å². The summed E-state index contributed by atoms with van der Waals surface area (Å²) in [7, 11) is -2.05. The summed E-state index contributed by atoms with van der Waals surface area (Å²) in [6.07, 6.45) is 3.44. The van der Waals surface area contributed by atoms with Crippen LogP contribution in [0.5, 0.6) is 0 Å². The van der Waals surface area contributed by atoms with Crippen molar-refractivity contribution in [1.82, 2.24) is 0 Å². The summed E-state index contributed by atoms with van der Waals surface area (Å²) in [6.45, 7) is 20.0. The van der Waals surface area contributed by atoms with E-state index >= 15 is 0 Å². The third-order valence-electron chi connectivity index (χ3n) is 5.70. The lowest BCUT2D eigenvalue weighted by molar-refractivity contribution is -0.0147. The summed E-state index contributed by atoms with van der Waals surface area (Å²) >= 11 is 0. The molecule has 0 aliphatic heterocycles. The first-order valence-corrected chi connectivity index (χ1v) is 17.9. The predicted molar refractivity (Wildman–Crippen MR) is 116 cm³/mol. The van der Waals surface area contributed by atoms with E-state index in [1.165, 1.54) is 0 Å². The summed E-state index contributed by atoms with van der Waals surface area (Å²) < 4.78 is 31.5. The maximum Gasteiger partial charge on any atom is 0.532 e. The molecule has 0 radical (unpaired) electrons. The highest BCUT2D eigenvalue weighted by Gasteiger charge is 2.63. The molecule has 26 heavy (non-hydrogen) atoms. The van der Waals surface area contributed by atoms with Crippen LogP contribution in [0.3, 0.4) is 0 Å². The molecule has 0 spiro atoms. The minimum absolute atomic E-state index is 0.234. The lowest BCUT2D eigenvalue weighted by Crippen LogP contribution is -2.71. The van der Waals surface area contributed by atoms with Gasteiger partial charge in [0.05, 0.1) is 5.22 Å². The Morgan fingerprint density at radius 1 is 0.577 bits per heavy atom. The standard InChI is InChI=1S/C18H44O5Si3/c1-13-17(14-2,22-24(8,9)10)25(11,12)23-18(15-3,16-4)26(19-5,20-6)21-7/h13-16H2,1-12H3. The molecule has 8 heteroatoms. The van der Waals surface area contributed by atoms with E-state index in [0.29, 0.717) is 0 Å². The molecular formula is C18H44O5Si3. The molecule has 0 amide bonds. The Balaban J connectivity index is 6.22. The van der Waals surface area contributed by atoms with Crippen LogP contribution in [0.25, 0.3) is 0 Å². The monoisotopic (exact) mass is 424 g/mol. The molecular weight excluding hydrogens is 380 g/mol. The molecule has 0 heterocycles. The second kappa shape index (κ2) is 9.78. The Kier molecular flexibility index (Phi) is 9.95. The maximum absolute atomic E-state index is 7.08. The predicted octanol–water partition coefficient (Wildman–Crippen LogP) is 5.13. The van der Waals surface area contributed by atoms with Gasteiger partial charge in [0.2, 0.25) is 8.32 Å². The van der Waals surface area contributed by atoms with Crippen LogP contribution in [0, 0.1) is 0 Å². The van der Waals surface area contributed by atoms with Crippen LogP contribution < -0.4 is 0 Å². The van der Waals surface area contributed by atoms with Crippen molar-refractivity contribution in [3.63, 3.8) is 0 Å². The van der Waals surface area contributed by atoms with Crippen molar-refractivity contribution in [3.05, 3.63) is 0 Å². The molecule has 0 aromatic heterocycles. The van der Waals surface area contributed by atoms with Crippen molar-refractivity contribution >= 4 is 25.4 Å². The summed E-state index contributed by atoms with van der Waals surface area (Å²) in [5, 5.41) is -0.804. The molecule has 0 saturated carbocycles. The van der Waals surface area contributed by atoms with Crippen LogP contribution in [0.2, 0.25) is 32.7 Å². The highest BCUT2D eigenvalue weighted by Crippen LogP contribution is 2.43. The van der Waals surface area contributed by atoms with Gasteiger partial charge in [0, 0.05) is 21.3 Å². The first kappa shape index (κ1) is 26.5. The highest BCUT2D eigenvalue weighted by atomic mass is 28.4. The van der Waals surface area contributed by atoms with E-state index in [9.17, 15) is 0 Å². The molecule has 0 aromatic carbocycles. The smallest absolute Gasteiger partial charge is 0.412 e.